The lowest BCUT2D eigenvalue weighted by Crippen LogP contribution is -2.44. The van der Waals surface area contributed by atoms with Crippen molar-refractivity contribution < 1.29 is 14.7 Å². The van der Waals surface area contributed by atoms with Crippen molar-refractivity contribution in [2.45, 2.75) is 20.3 Å². The average Bonchev–Trinajstić information content (AvgIpc) is 2.22. The highest BCUT2D eigenvalue weighted by atomic mass is 32.2. The minimum Gasteiger partial charge on any atom is -0.480 e. The lowest BCUT2D eigenvalue weighted by molar-refractivity contribution is -0.137. The third-order valence-electron chi connectivity index (χ3n) is 2.00. The first-order chi connectivity index (χ1) is 7.97. The summed E-state index contributed by atoms with van der Waals surface area (Å²) in [6.07, 6.45) is 2.91. The number of carboxylic acid groups (broad SMARTS) is 1. The van der Waals surface area contributed by atoms with Gasteiger partial charge in [0.05, 0.1) is 0 Å². The van der Waals surface area contributed by atoms with E-state index in [1.54, 1.807) is 11.8 Å². The summed E-state index contributed by atoms with van der Waals surface area (Å²) >= 11 is 1.72. The van der Waals surface area contributed by atoms with E-state index in [0.717, 1.165) is 12.2 Å². The first-order valence-electron chi connectivity index (χ1n) is 5.70. The summed E-state index contributed by atoms with van der Waals surface area (Å²) in [5.41, 5.74) is 0. The molecule has 0 aliphatic carbocycles. The second-order valence-electron chi connectivity index (χ2n) is 4.25. The molecule has 2 N–H and O–H groups in total. The third-order valence-corrected chi connectivity index (χ3v) is 2.70. The zero-order chi connectivity index (χ0) is 13.3. The van der Waals surface area contributed by atoms with Gasteiger partial charge in [-0.05, 0) is 24.3 Å². The Hall–Kier alpha value is -0.910. The average molecular weight is 262 g/mol. The van der Waals surface area contributed by atoms with E-state index in [-0.39, 0.29) is 18.5 Å². The van der Waals surface area contributed by atoms with E-state index in [2.05, 4.69) is 5.32 Å². The molecule has 0 radical (unpaired) electrons. The minimum atomic E-state index is -0.982. The standard InChI is InChI=1S/C11H22N2O3S/c1-9(2)7-13(8-10(14)15)11(16)12-5-4-6-17-3/h9H,4-8H2,1-3H3,(H,12,16)(H,14,15). The number of carbonyl (C=O) groups excluding carboxylic acids is 1. The van der Waals surface area contributed by atoms with Crippen LogP contribution in [-0.4, -0.2) is 53.6 Å². The molecule has 2 amide bonds. The molecule has 0 saturated carbocycles. The zero-order valence-electron chi connectivity index (χ0n) is 10.7. The fraction of sp³-hybridized carbons (Fsp3) is 0.818. The maximum atomic E-state index is 11.7. The van der Waals surface area contributed by atoms with Crippen LogP contribution in [-0.2, 0) is 4.79 Å². The molecular weight excluding hydrogens is 240 g/mol. The van der Waals surface area contributed by atoms with Crippen LogP contribution < -0.4 is 5.32 Å². The monoisotopic (exact) mass is 262 g/mol. The van der Waals surface area contributed by atoms with Crippen LogP contribution in [0.5, 0.6) is 0 Å². The van der Waals surface area contributed by atoms with Crippen LogP contribution in [0.25, 0.3) is 0 Å². The number of nitrogens with one attached hydrogen (secondary N) is 1. The molecule has 0 aliphatic rings. The van der Waals surface area contributed by atoms with Gasteiger partial charge in [0.1, 0.15) is 6.54 Å². The second kappa shape index (κ2) is 9.15. The van der Waals surface area contributed by atoms with E-state index in [0.29, 0.717) is 13.1 Å². The van der Waals surface area contributed by atoms with Gasteiger partial charge in [-0.25, -0.2) is 4.79 Å². The molecule has 0 heterocycles. The van der Waals surface area contributed by atoms with Gasteiger partial charge >= 0.3 is 12.0 Å². The number of urea groups is 1. The van der Waals surface area contributed by atoms with Crippen LogP contribution in [0.3, 0.4) is 0 Å². The topological polar surface area (TPSA) is 69.6 Å². The SMILES string of the molecule is CSCCCNC(=O)N(CC(=O)O)CC(C)C. The van der Waals surface area contributed by atoms with E-state index < -0.39 is 5.97 Å². The summed E-state index contributed by atoms with van der Waals surface area (Å²) in [5.74, 6) is 0.264. The number of rotatable bonds is 8. The van der Waals surface area contributed by atoms with Gasteiger partial charge in [-0.1, -0.05) is 13.8 Å². The first kappa shape index (κ1) is 16.1. The van der Waals surface area contributed by atoms with Crippen LogP contribution in [0, 0.1) is 5.92 Å². The second-order valence-corrected chi connectivity index (χ2v) is 5.23. The van der Waals surface area contributed by atoms with Gasteiger partial charge in [-0.2, -0.15) is 11.8 Å². The van der Waals surface area contributed by atoms with Crippen LogP contribution in [0.2, 0.25) is 0 Å². The number of nitrogens with zero attached hydrogens (tertiary/aromatic N) is 1. The van der Waals surface area contributed by atoms with Crippen LogP contribution >= 0.6 is 11.8 Å². The molecule has 0 aromatic heterocycles. The highest BCUT2D eigenvalue weighted by Crippen LogP contribution is 2.00. The predicted molar refractivity (Wildman–Crippen MR) is 70.4 cm³/mol. The van der Waals surface area contributed by atoms with Crippen molar-refractivity contribution in [3.05, 3.63) is 0 Å². The van der Waals surface area contributed by atoms with Gasteiger partial charge in [0.15, 0.2) is 0 Å². The zero-order valence-corrected chi connectivity index (χ0v) is 11.5. The maximum Gasteiger partial charge on any atom is 0.323 e. The number of hydrogen-bond donors (Lipinski definition) is 2. The van der Waals surface area contributed by atoms with Gasteiger partial charge in [0, 0.05) is 13.1 Å². The van der Waals surface area contributed by atoms with E-state index in [1.807, 2.05) is 20.1 Å². The van der Waals surface area contributed by atoms with Gasteiger partial charge in [0.25, 0.3) is 0 Å². The summed E-state index contributed by atoms with van der Waals surface area (Å²) < 4.78 is 0. The molecule has 0 spiro atoms. The van der Waals surface area contributed by atoms with Crippen molar-refractivity contribution in [1.29, 1.82) is 0 Å². The quantitative estimate of drug-likeness (QED) is 0.650. The lowest BCUT2D eigenvalue weighted by atomic mass is 10.2. The number of carbonyl (C=O) groups is 2. The Kier molecular flexibility index (Phi) is 8.66. The smallest absolute Gasteiger partial charge is 0.323 e. The Morgan fingerprint density at radius 3 is 2.53 bits per heavy atom. The van der Waals surface area contributed by atoms with E-state index in [1.165, 1.54) is 4.90 Å². The molecule has 0 aromatic carbocycles. The number of carboxylic acids is 1. The van der Waals surface area contributed by atoms with Crippen molar-refractivity contribution in [2.24, 2.45) is 5.92 Å². The molecule has 0 aromatic rings. The highest BCUT2D eigenvalue weighted by molar-refractivity contribution is 7.98. The summed E-state index contributed by atoms with van der Waals surface area (Å²) in [6.45, 7) is 4.72. The molecule has 0 atom stereocenters. The normalized spacial score (nSPS) is 10.4. The van der Waals surface area contributed by atoms with Crippen molar-refractivity contribution in [1.82, 2.24) is 10.2 Å². The predicted octanol–water partition coefficient (Wildman–Crippen LogP) is 1.49. The number of aliphatic carboxylic acids is 1. The lowest BCUT2D eigenvalue weighted by Gasteiger charge is -2.23. The molecule has 100 valence electrons. The van der Waals surface area contributed by atoms with Crippen molar-refractivity contribution >= 4 is 23.8 Å². The third kappa shape index (κ3) is 8.85. The fourth-order valence-corrected chi connectivity index (χ4v) is 1.78. The molecule has 0 fully saturated rings. The summed E-state index contributed by atoms with van der Waals surface area (Å²) in [5, 5.41) is 11.5. The number of amides is 2. The van der Waals surface area contributed by atoms with E-state index >= 15 is 0 Å². The fourth-order valence-electron chi connectivity index (χ4n) is 1.35. The Morgan fingerprint density at radius 2 is 2.06 bits per heavy atom. The first-order valence-corrected chi connectivity index (χ1v) is 7.10. The summed E-state index contributed by atoms with van der Waals surface area (Å²) in [7, 11) is 0. The van der Waals surface area contributed by atoms with Gasteiger partial charge in [0.2, 0.25) is 0 Å². The molecule has 0 rings (SSSR count). The van der Waals surface area contributed by atoms with Crippen molar-refractivity contribution in [3.63, 3.8) is 0 Å². The molecule has 0 aliphatic heterocycles. The highest BCUT2D eigenvalue weighted by Gasteiger charge is 2.17. The van der Waals surface area contributed by atoms with Crippen LogP contribution in [0.1, 0.15) is 20.3 Å². The summed E-state index contributed by atoms with van der Waals surface area (Å²) in [6, 6.07) is -0.290. The Labute approximate surface area is 107 Å². The minimum absolute atomic E-state index is 0.244. The maximum absolute atomic E-state index is 11.7. The molecule has 5 nitrogen and oxygen atoms in total. The molecule has 17 heavy (non-hydrogen) atoms. The van der Waals surface area contributed by atoms with Gasteiger partial charge < -0.3 is 15.3 Å². The number of thioether (sulfide) groups is 1. The van der Waals surface area contributed by atoms with Crippen molar-refractivity contribution in [3.8, 4) is 0 Å². The largest absolute Gasteiger partial charge is 0.480 e. The Morgan fingerprint density at radius 1 is 1.41 bits per heavy atom. The Bertz CT molecular complexity index is 247. The van der Waals surface area contributed by atoms with Crippen LogP contribution in [0.15, 0.2) is 0 Å². The Balaban J connectivity index is 4.08. The molecule has 0 unspecified atom stereocenters. The van der Waals surface area contributed by atoms with Crippen molar-refractivity contribution in [2.75, 3.05) is 31.6 Å². The molecule has 0 bridgehead atoms. The van der Waals surface area contributed by atoms with E-state index in [9.17, 15) is 9.59 Å². The molecule has 0 saturated heterocycles. The van der Waals surface area contributed by atoms with Crippen LogP contribution in [0.4, 0.5) is 4.79 Å². The van der Waals surface area contributed by atoms with Gasteiger partial charge in [-0.3, -0.25) is 4.79 Å². The number of hydrogen-bond acceptors (Lipinski definition) is 3. The molecule has 6 heteroatoms. The van der Waals surface area contributed by atoms with E-state index in [4.69, 9.17) is 5.11 Å². The molecular formula is C11H22N2O3S. The summed E-state index contributed by atoms with van der Waals surface area (Å²) in [4.78, 5) is 23.7. The van der Waals surface area contributed by atoms with Gasteiger partial charge in [-0.15, -0.1) is 0 Å².